The summed E-state index contributed by atoms with van der Waals surface area (Å²) in [6, 6.07) is 16.3. The fraction of sp³-hybridized carbons (Fsp3) is 0.118. The number of alkyl halides is 2. The van der Waals surface area contributed by atoms with E-state index in [-0.39, 0.29) is 5.56 Å². The summed E-state index contributed by atoms with van der Waals surface area (Å²) >= 11 is 0. The maximum atomic E-state index is 13.3. The Labute approximate surface area is 115 Å². The molecule has 0 aliphatic heterocycles. The normalized spacial score (nSPS) is 11.2. The highest BCUT2D eigenvalue weighted by atomic mass is 19.3. The topological polar surface area (TPSA) is 12.9 Å². The first-order chi connectivity index (χ1) is 9.65. The molecule has 0 aliphatic carbocycles. The van der Waals surface area contributed by atoms with E-state index in [1.165, 1.54) is 6.07 Å². The molecule has 0 N–H and O–H groups in total. The summed E-state index contributed by atoms with van der Waals surface area (Å²) in [5.74, 6) is 0. The fourth-order valence-electron chi connectivity index (χ4n) is 2.30. The number of halogens is 2. The van der Waals surface area contributed by atoms with E-state index >= 15 is 0 Å². The minimum Gasteiger partial charge on any atom is -0.248 e. The van der Waals surface area contributed by atoms with Crippen molar-refractivity contribution < 1.29 is 8.78 Å². The lowest BCUT2D eigenvalue weighted by atomic mass is 10.0. The third kappa shape index (κ3) is 2.27. The van der Waals surface area contributed by atoms with Gasteiger partial charge >= 0.3 is 0 Å². The van der Waals surface area contributed by atoms with Gasteiger partial charge in [-0.3, -0.25) is 0 Å². The van der Waals surface area contributed by atoms with Crippen molar-refractivity contribution in [2.24, 2.45) is 0 Å². The summed E-state index contributed by atoms with van der Waals surface area (Å²) in [6.07, 6.45) is -2.51. The van der Waals surface area contributed by atoms with Gasteiger partial charge in [0.1, 0.15) is 0 Å². The van der Waals surface area contributed by atoms with E-state index in [9.17, 15) is 8.78 Å². The quantitative estimate of drug-likeness (QED) is 0.627. The van der Waals surface area contributed by atoms with Crippen molar-refractivity contribution in [3.63, 3.8) is 0 Å². The highest BCUT2D eigenvalue weighted by Gasteiger charge is 2.15. The summed E-state index contributed by atoms with van der Waals surface area (Å²) < 4.78 is 26.5. The highest BCUT2D eigenvalue weighted by molar-refractivity contribution is 5.86. The summed E-state index contributed by atoms with van der Waals surface area (Å²) in [5.41, 5.74) is 3.09. The van der Waals surface area contributed by atoms with Crippen molar-refractivity contribution in [1.82, 2.24) is 4.98 Å². The molecule has 0 unspecified atom stereocenters. The molecule has 0 aliphatic rings. The lowest BCUT2D eigenvalue weighted by molar-refractivity contribution is 0.153. The number of pyridine rings is 1. The van der Waals surface area contributed by atoms with Gasteiger partial charge < -0.3 is 0 Å². The molecular formula is C17H13F2N. The predicted molar refractivity (Wildman–Crippen MR) is 76.9 cm³/mol. The van der Waals surface area contributed by atoms with E-state index in [2.05, 4.69) is 4.98 Å². The molecular weight excluding hydrogens is 256 g/mol. The second kappa shape index (κ2) is 5.00. The van der Waals surface area contributed by atoms with Gasteiger partial charge in [-0.25, -0.2) is 13.8 Å². The van der Waals surface area contributed by atoms with Crippen LogP contribution in [0.2, 0.25) is 0 Å². The van der Waals surface area contributed by atoms with Crippen LogP contribution in [0.25, 0.3) is 22.2 Å². The summed E-state index contributed by atoms with van der Waals surface area (Å²) in [4.78, 5) is 4.52. The molecule has 0 saturated heterocycles. The Bertz CT molecular complexity index is 752. The van der Waals surface area contributed by atoms with Gasteiger partial charge in [0.05, 0.1) is 11.2 Å². The van der Waals surface area contributed by atoms with Crippen molar-refractivity contribution >= 4 is 10.9 Å². The molecule has 3 rings (SSSR count). The van der Waals surface area contributed by atoms with Crippen molar-refractivity contribution in [1.29, 1.82) is 0 Å². The maximum Gasteiger partial charge on any atom is 0.264 e. The van der Waals surface area contributed by atoms with Crippen LogP contribution in [0.4, 0.5) is 8.78 Å². The third-order valence-electron chi connectivity index (χ3n) is 3.30. The van der Waals surface area contributed by atoms with E-state index in [1.54, 1.807) is 6.07 Å². The molecule has 1 heterocycles. The Morgan fingerprint density at radius 3 is 2.40 bits per heavy atom. The monoisotopic (exact) mass is 269 g/mol. The van der Waals surface area contributed by atoms with Crippen LogP contribution in [0.15, 0.2) is 54.6 Å². The molecule has 20 heavy (non-hydrogen) atoms. The molecule has 0 fully saturated rings. The van der Waals surface area contributed by atoms with Gasteiger partial charge in [0.15, 0.2) is 0 Å². The summed E-state index contributed by atoms with van der Waals surface area (Å²) in [5, 5.41) is 0.519. The number of fused-ring (bicyclic) bond motifs is 1. The Kier molecular flexibility index (Phi) is 3.18. The number of hydrogen-bond acceptors (Lipinski definition) is 1. The first kappa shape index (κ1) is 12.7. The summed E-state index contributed by atoms with van der Waals surface area (Å²) in [7, 11) is 0. The van der Waals surface area contributed by atoms with Crippen molar-refractivity contribution in [2.75, 3.05) is 0 Å². The molecule has 3 aromatic rings. The molecule has 1 nitrogen and oxygen atoms in total. The van der Waals surface area contributed by atoms with Crippen molar-refractivity contribution in [3.05, 3.63) is 65.7 Å². The van der Waals surface area contributed by atoms with Gasteiger partial charge in [0.2, 0.25) is 0 Å². The first-order valence-corrected chi connectivity index (χ1v) is 6.40. The number of benzene rings is 2. The molecule has 0 spiro atoms. The van der Waals surface area contributed by atoms with Crippen LogP contribution >= 0.6 is 0 Å². The second-order valence-corrected chi connectivity index (χ2v) is 4.78. The fourth-order valence-corrected chi connectivity index (χ4v) is 2.30. The average Bonchev–Trinajstić information content (AvgIpc) is 2.46. The van der Waals surface area contributed by atoms with Crippen LogP contribution in [0, 0.1) is 6.92 Å². The molecule has 100 valence electrons. The zero-order valence-electron chi connectivity index (χ0n) is 11.0. The van der Waals surface area contributed by atoms with Crippen LogP contribution in [0.1, 0.15) is 17.6 Å². The highest BCUT2D eigenvalue weighted by Crippen LogP contribution is 2.31. The Hall–Kier alpha value is -2.29. The molecule has 0 atom stereocenters. The lowest BCUT2D eigenvalue weighted by Crippen LogP contribution is -1.93. The van der Waals surface area contributed by atoms with Gasteiger partial charge in [0, 0.05) is 16.5 Å². The second-order valence-electron chi connectivity index (χ2n) is 4.78. The molecule has 0 saturated carbocycles. The van der Waals surface area contributed by atoms with Crippen molar-refractivity contribution in [2.45, 2.75) is 13.3 Å². The van der Waals surface area contributed by atoms with Gasteiger partial charge in [-0.2, -0.15) is 0 Å². The SMILES string of the molecule is Cc1ccc2c(C(F)F)cc(-c3ccccc3)nc2c1. The molecule has 0 bridgehead atoms. The molecule has 0 radical (unpaired) electrons. The van der Waals surface area contributed by atoms with Crippen LogP contribution in [-0.2, 0) is 0 Å². The predicted octanol–water partition coefficient (Wildman–Crippen LogP) is 5.15. The van der Waals surface area contributed by atoms with Gasteiger partial charge in [0.25, 0.3) is 6.43 Å². The first-order valence-electron chi connectivity index (χ1n) is 6.40. The van der Waals surface area contributed by atoms with Gasteiger partial charge in [-0.05, 0) is 24.6 Å². The number of nitrogens with zero attached hydrogens (tertiary/aromatic N) is 1. The van der Waals surface area contributed by atoms with Crippen molar-refractivity contribution in [3.8, 4) is 11.3 Å². The maximum absolute atomic E-state index is 13.3. The summed E-state index contributed by atoms with van der Waals surface area (Å²) in [6.45, 7) is 1.93. The molecule has 3 heteroatoms. The number of rotatable bonds is 2. The molecule has 0 amide bonds. The Morgan fingerprint density at radius 2 is 1.70 bits per heavy atom. The molecule has 2 aromatic carbocycles. The Morgan fingerprint density at radius 1 is 0.950 bits per heavy atom. The minimum atomic E-state index is -2.51. The largest absolute Gasteiger partial charge is 0.264 e. The number of aromatic nitrogens is 1. The van der Waals surface area contributed by atoms with Gasteiger partial charge in [-0.1, -0.05) is 42.5 Å². The van der Waals surface area contributed by atoms with E-state index < -0.39 is 6.43 Å². The van der Waals surface area contributed by atoms with E-state index in [1.807, 2.05) is 49.4 Å². The smallest absolute Gasteiger partial charge is 0.248 e. The van der Waals surface area contributed by atoms with E-state index in [0.29, 0.717) is 16.6 Å². The zero-order valence-corrected chi connectivity index (χ0v) is 11.0. The van der Waals surface area contributed by atoms with Gasteiger partial charge in [-0.15, -0.1) is 0 Å². The Balaban J connectivity index is 2.30. The zero-order chi connectivity index (χ0) is 14.1. The number of hydrogen-bond donors (Lipinski definition) is 0. The standard InChI is InChI=1S/C17H13F2N/c1-11-7-8-13-14(17(18)19)10-15(20-16(13)9-11)12-5-3-2-4-6-12/h2-10,17H,1H3. The van der Waals surface area contributed by atoms with Crippen LogP contribution < -0.4 is 0 Å². The lowest BCUT2D eigenvalue weighted by Gasteiger charge is -2.10. The molecule has 1 aromatic heterocycles. The minimum absolute atomic E-state index is 0.0360. The third-order valence-corrected chi connectivity index (χ3v) is 3.30. The average molecular weight is 269 g/mol. The van der Waals surface area contributed by atoms with Crippen LogP contribution in [0.5, 0.6) is 0 Å². The van der Waals surface area contributed by atoms with Crippen LogP contribution in [0.3, 0.4) is 0 Å². The van der Waals surface area contributed by atoms with E-state index in [4.69, 9.17) is 0 Å². The number of aryl methyl sites for hydroxylation is 1. The van der Waals surface area contributed by atoms with Crippen LogP contribution in [-0.4, -0.2) is 4.98 Å². The van der Waals surface area contributed by atoms with E-state index in [0.717, 1.165) is 11.1 Å².